The number of halogens is 1. The smallest absolute Gasteiger partial charge is 0.190 e. The molecule has 0 radical (unpaired) electrons. The lowest BCUT2D eigenvalue weighted by Crippen LogP contribution is -2.42. The maximum Gasteiger partial charge on any atom is 0.190 e. The number of nitrogens with one attached hydrogen (secondary N) is 2. The lowest BCUT2D eigenvalue weighted by molar-refractivity contribution is 0.179. The molecule has 1 fully saturated rings. The second-order valence-electron chi connectivity index (χ2n) is 6.39. The van der Waals surface area contributed by atoms with Crippen molar-refractivity contribution in [1.29, 1.82) is 0 Å². The van der Waals surface area contributed by atoms with Crippen LogP contribution in [0, 0.1) is 5.92 Å². The first kappa shape index (κ1) is 21.7. The number of rotatable bonds is 8. The van der Waals surface area contributed by atoms with Crippen molar-refractivity contribution in [3.63, 3.8) is 0 Å². The predicted molar refractivity (Wildman–Crippen MR) is 117 cm³/mol. The Morgan fingerprint density at radius 2 is 2.08 bits per heavy atom. The van der Waals surface area contributed by atoms with E-state index in [-0.39, 0.29) is 24.0 Å². The van der Waals surface area contributed by atoms with Crippen LogP contribution >= 0.6 is 35.3 Å². The number of unbranched alkanes of at least 4 members (excludes halogenated alkanes) is 2. The molecule has 2 rings (SSSR count). The highest BCUT2D eigenvalue weighted by Crippen LogP contribution is 2.20. The van der Waals surface area contributed by atoms with E-state index in [1.54, 1.807) is 0 Å². The average molecular weight is 464 g/mol. The quantitative estimate of drug-likeness (QED) is 0.265. The molecule has 0 amide bonds. The zero-order valence-corrected chi connectivity index (χ0v) is 18.2. The van der Waals surface area contributed by atoms with Crippen molar-refractivity contribution in [1.82, 2.24) is 15.5 Å². The molecule has 0 aliphatic carbocycles. The Balaban J connectivity index is 0.00000288. The molecule has 1 aliphatic heterocycles. The standard InChI is InChI=1S/C18H32N4S.HI/c1-3-4-5-10-20-18(19-2)21-14-16-8-11-22(12-9-16)15-17-7-6-13-23-17;/h6-7,13,16H,3-5,8-12,14-15H2,1-2H3,(H2,19,20,21);1H. The minimum atomic E-state index is 0. The fourth-order valence-corrected chi connectivity index (χ4v) is 3.76. The Kier molecular flexibility index (Phi) is 11.7. The van der Waals surface area contributed by atoms with Crippen LogP contribution in [-0.2, 0) is 6.54 Å². The van der Waals surface area contributed by atoms with Gasteiger partial charge in [0.2, 0.25) is 0 Å². The van der Waals surface area contributed by atoms with E-state index in [1.807, 2.05) is 18.4 Å². The molecule has 2 N–H and O–H groups in total. The fourth-order valence-electron chi connectivity index (χ4n) is 3.02. The number of likely N-dealkylation sites (tertiary alicyclic amines) is 1. The normalized spacial score (nSPS) is 16.7. The van der Waals surface area contributed by atoms with Crippen molar-refractivity contribution in [2.75, 3.05) is 33.2 Å². The Morgan fingerprint density at radius 1 is 1.29 bits per heavy atom. The molecule has 4 nitrogen and oxygen atoms in total. The van der Waals surface area contributed by atoms with Crippen LogP contribution < -0.4 is 10.6 Å². The summed E-state index contributed by atoms with van der Waals surface area (Å²) in [6, 6.07) is 4.39. The number of hydrogen-bond acceptors (Lipinski definition) is 3. The van der Waals surface area contributed by atoms with Gasteiger partial charge in [-0.05, 0) is 49.7 Å². The predicted octanol–water partition coefficient (Wildman–Crippen LogP) is 3.93. The molecule has 1 saturated heterocycles. The van der Waals surface area contributed by atoms with Gasteiger partial charge in [0.05, 0.1) is 0 Å². The first-order chi connectivity index (χ1) is 11.3. The van der Waals surface area contributed by atoms with E-state index in [2.05, 4.69) is 45.0 Å². The third-order valence-corrected chi connectivity index (χ3v) is 5.38. The van der Waals surface area contributed by atoms with Crippen molar-refractivity contribution in [3.8, 4) is 0 Å². The van der Waals surface area contributed by atoms with Gasteiger partial charge in [0.15, 0.2) is 5.96 Å². The van der Waals surface area contributed by atoms with Crippen molar-refractivity contribution >= 4 is 41.3 Å². The molecular formula is C18H33IN4S. The van der Waals surface area contributed by atoms with Crippen LogP contribution in [0.1, 0.15) is 43.9 Å². The van der Waals surface area contributed by atoms with E-state index in [1.165, 1.54) is 50.1 Å². The summed E-state index contributed by atoms with van der Waals surface area (Å²) < 4.78 is 0. The van der Waals surface area contributed by atoms with Crippen molar-refractivity contribution < 1.29 is 0 Å². The largest absolute Gasteiger partial charge is 0.356 e. The summed E-state index contributed by atoms with van der Waals surface area (Å²) in [5, 5.41) is 9.08. The van der Waals surface area contributed by atoms with Gasteiger partial charge in [0.25, 0.3) is 0 Å². The van der Waals surface area contributed by atoms with E-state index in [9.17, 15) is 0 Å². The maximum atomic E-state index is 4.32. The maximum absolute atomic E-state index is 4.32. The molecule has 0 atom stereocenters. The van der Waals surface area contributed by atoms with Crippen LogP contribution in [0.3, 0.4) is 0 Å². The van der Waals surface area contributed by atoms with Crippen LogP contribution in [0.25, 0.3) is 0 Å². The third-order valence-electron chi connectivity index (χ3n) is 4.52. The van der Waals surface area contributed by atoms with Gasteiger partial charge < -0.3 is 10.6 Å². The topological polar surface area (TPSA) is 39.7 Å². The third kappa shape index (κ3) is 8.16. The van der Waals surface area contributed by atoms with Crippen LogP contribution in [0.5, 0.6) is 0 Å². The second kappa shape index (κ2) is 12.9. The first-order valence-corrected chi connectivity index (χ1v) is 9.89. The lowest BCUT2D eigenvalue weighted by atomic mass is 9.97. The number of hydrogen-bond donors (Lipinski definition) is 2. The monoisotopic (exact) mass is 464 g/mol. The summed E-state index contributed by atoms with van der Waals surface area (Å²) in [5.41, 5.74) is 0. The van der Waals surface area contributed by atoms with Gasteiger partial charge in [0, 0.05) is 31.6 Å². The molecule has 0 spiro atoms. The molecule has 1 aromatic heterocycles. The van der Waals surface area contributed by atoms with Gasteiger partial charge >= 0.3 is 0 Å². The lowest BCUT2D eigenvalue weighted by Gasteiger charge is -2.32. The second-order valence-corrected chi connectivity index (χ2v) is 7.42. The number of piperidine rings is 1. The van der Waals surface area contributed by atoms with Crippen molar-refractivity contribution in [2.45, 2.75) is 45.6 Å². The summed E-state index contributed by atoms with van der Waals surface area (Å²) in [5.74, 6) is 1.73. The number of thiophene rings is 1. The Bertz CT molecular complexity index is 442. The van der Waals surface area contributed by atoms with E-state index < -0.39 is 0 Å². The highest BCUT2D eigenvalue weighted by atomic mass is 127. The first-order valence-electron chi connectivity index (χ1n) is 9.01. The van der Waals surface area contributed by atoms with Gasteiger partial charge in [-0.15, -0.1) is 35.3 Å². The van der Waals surface area contributed by atoms with E-state index >= 15 is 0 Å². The molecule has 1 aromatic rings. The van der Waals surface area contributed by atoms with E-state index in [0.29, 0.717) is 0 Å². The molecular weight excluding hydrogens is 431 g/mol. The SMILES string of the molecule is CCCCCNC(=NC)NCC1CCN(Cc2cccs2)CC1.I. The highest BCUT2D eigenvalue weighted by Gasteiger charge is 2.19. The molecule has 138 valence electrons. The average Bonchev–Trinajstić information content (AvgIpc) is 3.08. The van der Waals surface area contributed by atoms with E-state index in [4.69, 9.17) is 0 Å². The molecule has 1 aliphatic rings. The van der Waals surface area contributed by atoms with Crippen LogP contribution in [0.4, 0.5) is 0 Å². The van der Waals surface area contributed by atoms with Crippen LogP contribution in [0.2, 0.25) is 0 Å². The molecule has 0 unspecified atom stereocenters. The minimum Gasteiger partial charge on any atom is -0.356 e. The molecule has 0 bridgehead atoms. The zero-order chi connectivity index (χ0) is 16.3. The van der Waals surface area contributed by atoms with Gasteiger partial charge in [-0.1, -0.05) is 25.8 Å². The summed E-state index contributed by atoms with van der Waals surface area (Å²) >= 11 is 1.87. The summed E-state index contributed by atoms with van der Waals surface area (Å²) in [7, 11) is 1.86. The summed E-state index contributed by atoms with van der Waals surface area (Å²) in [6.07, 6.45) is 6.33. The number of aliphatic imine (C=N–C) groups is 1. The van der Waals surface area contributed by atoms with Gasteiger partial charge in [0.1, 0.15) is 0 Å². The van der Waals surface area contributed by atoms with E-state index in [0.717, 1.165) is 31.5 Å². The molecule has 0 aromatic carbocycles. The highest BCUT2D eigenvalue weighted by molar-refractivity contribution is 14.0. The number of guanidine groups is 1. The minimum absolute atomic E-state index is 0. The molecule has 6 heteroatoms. The van der Waals surface area contributed by atoms with Gasteiger partial charge in [-0.3, -0.25) is 9.89 Å². The van der Waals surface area contributed by atoms with Gasteiger partial charge in [-0.2, -0.15) is 0 Å². The zero-order valence-electron chi connectivity index (χ0n) is 15.1. The van der Waals surface area contributed by atoms with Gasteiger partial charge in [-0.25, -0.2) is 0 Å². The Hall–Kier alpha value is -0.340. The number of nitrogens with zero attached hydrogens (tertiary/aromatic N) is 2. The summed E-state index contributed by atoms with van der Waals surface area (Å²) in [6.45, 7) is 7.85. The molecule has 24 heavy (non-hydrogen) atoms. The molecule has 0 saturated carbocycles. The van der Waals surface area contributed by atoms with Crippen LogP contribution in [-0.4, -0.2) is 44.1 Å². The van der Waals surface area contributed by atoms with Crippen molar-refractivity contribution in [3.05, 3.63) is 22.4 Å². The molecule has 2 heterocycles. The fraction of sp³-hybridized carbons (Fsp3) is 0.722. The van der Waals surface area contributed by atoms with Crippen molar-refractivity contribution in [2.24, 2.45) is 10.9 Å². The summed E-state index contributed by atoms with van der Waals surface area (Å²) in [4.78, 5) is 8.39. The Morgan fingerprint density at radius 3 is 2.71 bits per heavy atom. The Labute approximate surface area is 168 Å². The van der Waals surface area contributed by atoms with Crippen LogP contribution in [0.15, 0.2) is 22.5 Å².